The molecule has 0 saturated carbocycles. The van der Waals surface area contributed by atoms with Gasteiger partial charge in [-0.05, 0) is 31.8 Å². The first-order valence-electron chi connectivity index (χ1n) is 4.73. The van der Waals surface area contributed by atoms with Crippen molar-refractivity contribution in [3.63, 3.8) is 0 Å². The predicted molar refractivity (Wildman–Crippen MR) is 48.6 cm³/mol. The minimum Gasteiger partial charge on any atom is -0.369 e. The number of primary amides is 1. The normalized spacial score (nSPS) is 21.1. The van der Waals surface area contributed by atoms with E-state index in [4.69, 9.17) is 5.73 Å². The predicted octanol–water partition coefficient (Wildman–Crippen LogP) is 0.594. The van der Waals surface area contributed by atoms with E-state index in [0.717, 1.165) is 19.0 Å². The Morgan fingerprint density at radius 3 is 2.50 bits per heavy atom. The number of carbonyl (C=O) groups excluding carboxylic acids is 1. The Bertz CT molecular complexity index is 151. The number of nitrogens with two attached hydrogens (primary N) is 1. The van der Waals surface area contributed by atoms with Crippen LogP contribution in [0.3, 0.4) is 0 Å². The highest BCUT2D eigenvalue weighted by molar-refractivity contribution is 5.75. The molecule has 3 heteroatoms. The molecule has 0 aliphatic carbocycles. The average Bonchev–Trinajstić information content (AvgIpc) is 2.05. The van der Waals surface area contributed by atoms with Gasteiger partial charge >= 0.3 is 0 Å². The van der Waals surface area contributed by atoms with Crippen molar-refractivity contribution >= 4 is 5.91 Å². The summed E-state index contributed by atoms with van der Waals surface area (Å²) >= 11 is 0. The smallest absolute Gasteiger partial charge is 0.231 e. The van der Waals surface area contributed by atoms with Crippen molar-refractivity contribution in [2.75, 3.05) is 19.6 Å². The number of piperidine rings is 1. The van der Waals surface area contributed by atoms with Crippen molar-refractivity contribution in [1.29, 1.82) is 0 Å². The summed E-state index contributed by atoms with van der Waals surface area (Å²) in [5, 5.41) is 0. The molecular formula is C9H18N2O. The van der Waals surface area contributed by atoms with Crippen molar-refractivity contribution in [3.8, 4) is 0 Å². The van der Waals surface area contributed by atoms with Crippen LogP contribution < -0.4 is 5.73 Å². The molecule has 0 spiro atoms. The van der Waals surface area contributed by atoms with Crippen LogP contribution in [-0.2, 0) is 4.79 Å². The zero-order valence-corrected chi connectivity index (χ0v) is 7.75. The van der Waals surface area contributed by atoms with E-state index in [0.29, 0.717) is 6.54 Å². The van der Waals surface area contributed by atoms with Gasteiger partial charge in [-0.1, -0.05) is 13.3 Å². The largest absolute Gasteiger partial charge is 0.369 e. The zero-order valence-electron chi connectivity index (χ0n) is 7.75. The summed E-state index contributed by atoms with van der Waals surface area (Å²) in [6.07, 6.45) is 3.72. The summed E-state index contributed by atoms with van der Waals surface area (Å²) in [7, 11) is 0. The lowest BCUT2D eigenvalue weighted by molar-refractivity contribution is -0.119. The van der Waals surface area contributed by atoms with Gasteiger partial charge in [0.2, 0.25) is 5.91 Å². The van der Waals surface area contributed by atoms with Gasteiger partial charge in [0.1, 0.15) is 0 Å². The van der Waals surface area contributed by atoms with Crippen molar-refractivity contribution < 1.29 is 4.79 Å². The standard InChI is InChI=1S/C9H18N2O/c1-2-8-3-5-11(6-4-8)7-9(10)12/h8H,2-7H2,1H3,(H2,10,12). The lowest BCUT2D eigenvalue weighted by Gasteiger charge is -2.30. The maximum atomic E-state index is 10.6. The second-order valence-corrected chi connectivity index (χ2v) is 3.59. The highest BCUT2D eigenvalue weighted by Gasteiger charge is 2.18. The van der Waals surface area contributed by atoms with Crippen LogP contribution >= 0.6 is 0 Å². The molecule has 12 heavy (non-hydrogen) atoms. The van der Waals surface area contributed by atoms with E-state index >= 15 is 0 Å². The molecule has 1 amide bonds. The van der Waals surface area contributed by atoms with Gasteiger partial charge in [-0.15, -0.1) is 0 Å². The molecule has 0 aromatic carbocycles. The molecule has 1 rings (SSSR count). The number of amides is 1. The number of likely N-dealkylation sites (tertiary alicyclic amines) is 1. The van der Waals surface area contributed by atoms with Crippen LogP contribution in [0.4, 0.5) is 0 Å². The monoisotopic (exact) mass is 170 g/mol. The fourth-order valence-corrected chi connectivity index (χ4v) is 1.77. The van der Waals surface area contributed by atoms with Crippen LogP contribution in [0.1, 0.15) is 26.2 Å². The first-order chi connectivity index (χ1) is 5.72. The van der Waals surface area contributed by atoms with Gasteiger partial charge < -0.3 is 5.73 Å². The molecule has 0 unspecified atom stereocenters. The van der Waals surface area contributed by atoms with Gasteiger partial charge in [0.05, 0.1) is 6.54 Å². The maximum absolute atomic E-state index is 10.6. The van der Waals surface area contributed by atoms with Gasteiger partial charge in [0.15, 0.2) is 0 Å². The number of hydrogen-bond donors (Lipinski definition) is 1. The molecule has 0 aromatic rings. The lowest BCUT2D eigenvalue weighted by atomic mass is 9.94. The minimum atomic E-state index is -0.204. The number of carbonyl (C=O) groups is 1. The molecule has 0 radical (unpaired) electrons. The second-order valence-electron chi connectivity index (χ2n) is 3.59. The van der Waals surface area contributed by atoms with Crippen LogP contribution in [0.15, 0.2) is 0 Å². The lowest BCUT2D eigenvalue weighted by Crippen LogP contribution is -2.39. The molecule has 2 N–H and O–H groups in total. The van der Waals surface area contributed by atoms with Gasteiger partial charge in [0, 0.05) is 0 Å². The summed E-state index contributed by atoms with van der Waals surface area (Å²) in [4.78, 5) is 12.7. The van der Waals surface area contributed by atoms with Crippen LogP contribution in [0.2, 0.25) is 0 Å². The maximum Gasteiger partial charge on any atom is 0.231 e. The fourth-order valence-electron chi connectivity index (χ4n) is 1.77. The van der Waals surface area contributed by atoms with Crippen LogP contribution in [0.5, 0.6) is 0 Å². The van der Waals surface area contributed by atoms with Crippen molar-refractivity contribution in [2.24, 2.45) is 11.7 Å². The van der Waals surface area contributed by atoms with E-state index in [2.05, 4.69) is 11.8 Å². The van der Waals surface area contributed by atoms with Crippen molar-refractivity contribution in [3.05, 3.63) is 0 Å². The van der Waals surface area contributed by atoms with Crippen molar-refractivity contribution in [2.45, 2.75) is 26.2 Å². The first kappa shape index (κ1) is 9.52. The zero-order chi connectivity index (χ0) is 8.97. The molecule has 3 nitrogen and oxygen atoms in total. The van der Waals surface area contributed by atoms with E-state index in [1.165, 1.54) is 19.3 Å². The third-order valence-corrected chi connectivity index (χ3v) is 2.66. The van der Waals surface area contributed by atoms with Gasteiger partial charge in [-0.25, -0.2) is 0 Å². The Labute approximate surface area is 73.9 Å². The molecule has 1 heterocycles. The Morgan fingerprint density at radius 2 is 2.08 bits per heavy atom. The van der Waals surface area contributed by atoms with Crippen molar-refractivity contribution in [1.82, 2.24) is 4.90 Å². The quantitative estimate of drug-likeness (QED) is 0.674. The average molecular weight is 170 g/mol. The van der Waals surface area contributed by atoms with Gasteiger partial charge in [-0.2, -0.15) is 0 Å². The van der Waals surface area contributed by atoms with E-state index in [-0.39, 0.29) is 5.91 Å². The summed E-state index contributed by atoms with van der Waals surface area (Å²) in [5.74, 6) is 0.666. The second kappa shape index (κ2) is 4.45. The summed E-state index contributed by atoms with van der Waals surface area (Å²) in [6, 6.07) is 0. The Kier molecular flexibility index (Phi) is 3.53. The molecule has 0 bridgehead atoms. The van der Waals surface area contributed by atoms with Crippen LogP contribution in [-0.4, -0.2) is 30.4 Å². The number of rotatable bonds is 3. The Balaban J connectivity index is 2.21. The highest BCUT2D eigenvalue weighted by atomic mass is 16.1. The van der Waals surface area contributed by atoms with Gasteiger partial charge in [0.25, 0.3) is 0 Å². The van der Waals surface area contributed by atoms with Gasteiger partial charge in [-0.3, -0.25) is 9.69 Å². The molecule has 0 aromatic heterocycles. The molecule has 1 fully saturated rings. The summed E-state index contributed by atoms with van der Waals surface area (Å²) < 4.78 is 0. The number of nitrogens with zero attached hydrogens (tertiary/aromatic N) is 1. The summed E-state index contributed by atoms with van der Waals surface area (Å²) in [6.45, 7) is 4.76. The van der Waals surface area contributed by atoms with Crippen LogP contribution in [0, 0.1) is 5.92 Å². The SMILES string of the molecule is CCC1CCN(CC(N)=O)CC1. The third-order valence-electron chi connectivity index (χ3n) is 2.66. The molecular weight excluding hydrogens is 152 g/mol. The van der Waals surface area contributed by atoms with E-state index < -0.39 is 0 Å². The van der Waals surface area contributed by atoms with E-state index in [1.54, 1.807) is 0 Å². The molecule has 1 saturated heterocycles. The van der Waals surface area contributed by atoms with E-state index in [9.17, 15) is 4.79 Å². The number of hydrogen-bond acceptors (Lipinski definition) is 2. The molecule has 1 aliphatic rings. The fraction of sp³-hybridized carbons (Fsp3) is 0.889. The Morgan fingerprint density at radius 1 is 1.50 bits per heavy atom. The van der Waals surface area contributed by atoms with E-state index in [1.807, 2.05) is 0 Å². The molecule has 70 valence electrons. The minimum absolute atomic E-state index is 0.204. The third kappa shape index (κ3) is 2.81. The summed E-state index contributed by atoms with van der Waals surface area (Å²) in [5.41, 5.74) is 5.11. The topological polar surface area (TPSA) is 46.3 Å². The first-order valence-corrected chi connectivity index (χ1v) is 4.73. The molecule has 0 atom stereocenters. The Hall–Kier alpha value is -0.570. The molecule has 1 aliphatic heterocycles. The highest BCUT2D eigenvalue weighted by Crippen LogP contribution is 2.19. The van der Waals surface area contributed by atoms with Crippen LogP contribution in [0.25, 0.3) is 0 Å².